The number of hydrogen-bond donors (Lipinski definition) is 2. The van der Waals surface area contributed by atoms with Crippen molar-refractivity contribution in [3.05, 3.63) is 29.8 Å². The molecule has 4 heteroatoms. The van der Waals surface area contributed by atoms with E-state index in [0.29, 0.717) is 0 Å². The fraction of sp³-hybridized carbons (Fsp3) is 0.364. The Balaban J connectivity index is 2.37. The molecule has 0 aliphatic rings. The average Bonchev–Trinajstić information content (AvgIpc) is 2.18. The molecule has 0 spiro atoms. The molecule has 0 unspecified atom stereocenters. The van der Waals surface area contributed by atoms with E-state index in [2.05, 4.69) is 5.32 Å². The van der Waals surface area contributed by atoms with Crippen LogP contribution in [0.1, 0.15) is 5.56 Å². The first-order valence-electron chi connectivity index (χ1n) is 4.77. The molecule has 4 nitrogen and oxygen atoms in total. The van der Waals surface area contributed by atoms with Gasteiger partial charge in [0, 0.05) is 5.69 Å². The molecule has 0 radical (unpaired) electrons. The molecule has 0 heterocycles. The van der Waals surface area contributed by atoms with Gasteiger partial charge in [-0.1, -0.05) is 12.1 Å². The third kappa shape index (κ3) is 4.58. The minimum atomic E-state index is -0.214. The maximum atomic E-state index is 11.3. The molecule has 0 aliphatic heterocycles. The zero-order valence-electron chi connectivity index (χ0n) is 8.69. The second kappa shape index (κ2) is 6.16. The van der Waals surface area contributed by atoms with Crippen molar-refractivity contribution in [3.8, 4) is 0 Å². The first kappa shape index (κ1) is 11.7. The van der Waals surface area contributed by atoms with Crippen LogP contribution in [-0.4, -0.2) is 30.8 Å². The van der Waals surface area contributed by atoms with Crippen LogP contribution in [0.2, 0.25) is 0 Å². The fourth-order valence-corrected chi connectivity index (χ4v) is 1.15. The summed E-state index contributed by atoms with van der Waals surface area (Å²) in [7, 11) is 0. The van der Waals surface area contributed by atoms with Crippen LogP contribution in [0.25, 0.3) is 0 Å². The van der Waals surface area contributed by atoms with Crippen molar-refractivity contribution in [1.82, 2.24) is 0 Å². The molecule has 82 valence electrons. The molecule has 1 rings (SSSR count). The monoisotopic (exact) mass is 209 g/mol. The van der Waals surface area contributed by atoms with Crippen molar-refractivity contribution in [2.75, 3.05) is 25.1 Å². The molecule has 0 saturated carbocycles. The molecule has 0 aromatic heterocycles. The highest BCUT2D eigenvalue weighted by molar-refractivity contribution is 5.91. The van der Waals surface area contributed by atoms with E-state index in [1.807, 2.05) is 31.2 Å². The number of hydrogen-bond acceptors (Lipinski definition) is 3. The van der Waals surface area contributed by atoms with E-state index in [9.17, 15) is 4.79 Å². The van der Waals surface area contributed by atoms with Crippen LogP contribution in [0.3, 0.4) is 0 Å². The Morgan fingerprint density at radius 2 is 2.33 bits per heavy atom. The van der Waals surface area contributed by atoms with Gasteiger partial charge < -0.3 is 15.2 Å². The summed E-state index contributed by atoms with van der Waals surface area (Å²) in [4.78, 5) is 11.3. The molecule has 0 saturated heterocycles. The van der Waals surface area contributed by atoms with Crippen LogP contribution in [0.5, 0.6) is 0 Å². The van der Waals surface area contributed by atoms with E-state index in [0.717, 1.165) is 11.3 Å². The molecule has 0 bridgehead atoms. The van der Waals surface area contributed by atoms with Gasteiger partial charge in [0.25, 0.3) is 0 Å². The summed E-state index contributed by atoms with van der Waals surface area (Å²) < 4.78 is 4.88. The number of ether oxygens (including phenoxy) is 1. The molecule has 1 aromatic rings. The zero-order chi connectivity index (χ0) is 11.1. The zero-order valence-corrected chi connectivity index (χ0v) is 8.69. The van der Waals surface area contributed by atoms with E-state index in [1.165, 1.54) is 0 Å². The first-order chi connectivity index (χ1) is 7.22. The number of anilines is 1. The summed E-state index contributed by atoms with van der Waals surface area (Å²) in [5.41, 5.74) is 1.84. The van der Waals surface area contributed by atoms with E-state index < -0.39 is 0 Å². The quantitative estimate of drug-likeness (QED) is 0.710. The molecular formula is C11H15NO3. The van der Waals surface area contributed by atoms with E-state index >= 15 is 0 Å². The smallest absolute Gasteiger partial charge is 0.250 e. The predicted molar refractivity (Wildman–Crippen MR) is 57.7 cm³/mol. The Labute approximate surface area is 88.9 Å². The van der Waals surface area contributed by atoms with E-state index in [-0.39, 0.29) is 25.7 Å². The van der Waals surface area contributed by atoms with Gasteiger partial charge in [-0.3, -0.25) is 4.79 Å². The van der Waals surface area contributed by atoms with Crippen molar-refractivity contribution in [3.63, 3.8) is 0 Å². The van der Waals surface area contributed by atoms with Crippen LogP contribution in [0.15, 0.2) is 24.3 Å². The predicted octanol–water partition coefficient (Wildman–Crippen LogP) is 0.942. The number of carbonyl (C=O) groups excluding carboxylic acids is 1. The Hall–Kier alpha value is -1.39. The van der Waals surface area contributed by atoms with Crippen LogP contribution in [0, 0.1) is 6.92 Å². The second-order valence-electron chi connectivity index (χ2n) is 3.19. The maximum Gasteiger partial charge on any atom is 0.250 e. The molecule has 0 aliphatic carbocycles. The van der Waals surface area contributed by atoms with E-state index in [1.54, 1.807) is 0 Å². The Morgan fingerprint density at radius 1 is 1.53 bits per heavy atom. The number of amides is 1. The summed E-state index contributed by atoms with van der Waals surface area (Å²) >= 11 is 0. The van der Waals surface area contributed by atoms with Crippen LogP contribution in [-0.2, 0) is 9.53 Å². The third-order valence-electron chi connectivity index (χ3n) is 1.77. The van der Waals surface area contributed by atoms with Gasteiger partial charge in [0.15, 0.2) is 0 Å². The SMILES string of the molecule is Cc1cccc(NC(=O)COCCO)c1. The van der Waals surface area contributed by atoms with Crippen molar-refractivity contribution in [1.29, 1.82) is 0 Å². The summed E-state index contributed by atoms with van der Waals surface area (Å²) in [5, 5.41) is 11.1. The highest BCUT2D eigenvalue weighted by atomic mass is 16.5. The topological polar surface area (TPSA) is 58.6 Å². The van der Waals surface area contributed by atoms with E-state index in [4.69, 9.17) is 9.84 Å². The van der Waals surface area contributed by atoms with Gasteiger partial charge in [-0.15, -0.1) is 0 Å². The summed E-state index contributed by atoms with van der Waals surface area (Å²) in [6.07, 6.45) is 0. The number of aliphatic hydroxyl groups is 1. The fourth-order valence-electron chi connectivity index (χ4n) is 1.15. The third-order valence-corrected chi connectivity index (χ3v) is 1.77. The lowest BCUT2D eigenvalue weighted by Crippen LogP contribution is -2.19. The van der Waals surface area contributed by atoms with Crippen LogP contribution < -0.4 is 5.32 Å². The van der Waals surface area contributed by atoms with Gasteiger partial charge >= 0.3 is 0 Å². The van der Waals surface area contributed by atoms with Gasteiger partial charge in [0.2, 0.25) is 5.91 Å². The Morgan fingerprint density at radius 3 is 3.00 bits per heavy atom. The highest BCUT2D eigenvalue weighted by Gasteiger charge is 2.01. The molecule has 0 fully saturated rings. The molecule has 1 aromatic carbocycles. The van der Waals surface area contributed by atoms with Crippen LogP contribution >= 0.6 is 0 Å². The van der Waals surface area contributed by atoms with Gasteiger partial charge in [-0.25, -0.2) is 0 Å². The number of carbonyl (C=O) groups is 1. The highest BCUT2D eigenvalue weighted by Crippen LogP contribution is 2.08. The lowest BCUT2D eigenvalue weighted by Gasteiger charge is -2.05. The second-order valence-corrected chi connectivity index (χ2v) is 3.19. The summed E-state index contributed by atoms with van der Waals surface area (Å²) in [5.74, 6) is -0.214. The Bertz CT molecular complexity index is 325. The minimum absolute atomic E-state index is 0.0332. The van der Waals surface area contributed by atoms with Crippen LogP contribution in [0.4, 0.5) is 5.69 Å². The van der Waals surface area contributed by atoms with Crippen molar-refractivity contribution in [2.24, 2.45) is 0 Å². The number of nitrogens with one attached hydrogen (secondary N) is 1. The molecular weight excluding hydrogens is 194 g/mol. The minimum Gasteiger partial charge on any atom is -0.394 e. The standard InChI is InChI=1S/C11H15NO3/c1-9-3-2-4-10(7-9)12-11(14)8-15-6-5-13/h2-4,7,13H,5-6,8H2,1H3,(H,12,14). The lowest BCUT2D eigenvalue weighted by atomic mass is 10.2. The summed E-state index contributed by atoms with van der Waals surface area (Å²) in [6, 6.07) is 7.53. The number of aliphatic hydroxyl groups excluding tert-OH is 1. The van der Waals surface area contributed by atoms with Crippen molar-refractivity contribution < 1.29 is 14.6 Å². The number of benzene rings is 1. The normalized spacial score (nSPS) is 10.0. The lowest BCUT2D eigenvalue weighted by molar-refractivity contribution is -0.120. The molecule has 1 amide bonds. The van der Waals surface area contributed by atoms with Crippen molar-refractivity contribution >= 4 is 11.6 Å². The average molecular weight is 209 g/mol. The molecule has 2 N–H and O–H groups in total. The van der Waals surface area contributed by atoms with Gasteiger partial charge in [0.05, 0.1) is 13.2 Å². The van der Waals surface area contributed by atoms with Gasteiger partial charge in [-0.2, -0.15) is 0 Å². The summed E-state index contributed by atoms with van der Waals surface area (Å²) in [6.45, 7) is 2.03. The number of aryl methyl sites for hydroxylation is 1. The van der Waals surface area contributed by atoms with Gasteiger partial charge in [-0.05, 0) is 24.6 Å². The molecule has 0 atom stereocenters. The largest absolute Gasteiger partial charge is 0.394 e. The van der Waals surface area contributed by atoms with Crippen molar-refractivity contribution in [2.45, 2.75) is 6.92 Å². The number of rotatable bonds is 5. The Kier molecular flexibility index (Phi) is 4.80. The molecule has 15 heavy (non-hydrogen) atoms. The first-order valence-corrected chi connectivity index (χ1v) is 4.77. The van der Waals surface area contributed by atoms with Gasteiger partial charge in [0.1, 0.15) is 6.61 Å². The maximum absolute atomic E-state index is 11.3.